The highest BCUT2D eigenvalue weighted by Crippen LogP contribution is 2.35. The third kappa shape index (κ3) is 4.31. The van der Waals surface area contributed by atoms with Gasteiger partial charge in [-0.1, -0.05) is 41.0 Å². The minimum absolute atomic E-state index is 0.222. The molecule has 4 rings (SSSR count). The van der Waals surface area contributed by atoms with Crippen LogP contribution in [0.1, 0.15) is 36.6 Å². The van der Waals surface area contributed by atoms with Crippen LogP contribution < -0.4 is 10.1 Å². The van der Waals surface area contributed by atoms with Crippen LogP contribution in [0.4, 0.5) is 0 Å². The zero-order valence-corrected chi connectivity index (χ0v) is 15.9. The van der Waals surface area contributed by atoms with Crippen LogP contribution in [-0.4, -0.2) is 23.2 Å². The van der Waals surface area contributed by atoms with E-state index in [1.165, 1.54) is 24.8 Å². The molecule has 1 fully saturated rings. The minimum Gasteiger partial charge on any atom is -0.484 e. The SMILES string of the molecule is CN[C@@H]1CCC(c2ccc(-c3noc(COc4ccc(Cl)cc4)n3)cc2)C1. The summed E-state index contributed by atoms with van der Waals surface area (Å²) in [6, 6.07) is 16.3. The first-order chi connectivity index (χ1) is 13.2. The van der Waals surface area contributed by atoms with Crippen LogP contribution >= 0.6 is 11.6 Å². The van der Waals surface area contributed by atoms with Gasteiger partial charge in [0.05, 0.1) is 0 Å². The Labute approximate surface area is 163 Å². The van der Waals surface area contributed by atoms with E-state index >= 15 is 0 Å². The second kappa shape index (κ2) is 8.11. The summed E-state index contributed by atoms with van der Waals surface area (Å²) in [4.78, 5) is 4.43. The maximum Gasteiger partial charge on any atom is 0.264 e. The quantitative estimate of drug-likeness (QED) is 0.661. The van der Waals surface area contributed by atoms with Crippen LogP contribution in [0.25, 0.3) is 11.4 Å². The fourth-order valence-electron chi connectivity index (χ4n) is 3.56. The molecular weight excluding hydrogens is 362 g/mol. The molecule has 1 unspecified atom stereocenters. The van der Waals surface area contributed by atoms with E-state index in [0.29, 0.717) is 34.4 Å². The summed E-state index contributed by atoms with van der Waals surface area (Å²) >= 11 is 5.87. The molecule has 0 amide bonds. The van der Waals surface area contributed by atoms with Gasteiger partial charge in [0.15, 0.2) is 6.61 Å². The average Bonchev–Trinajstić information content (AvgIpc) is 3.37. The summed E-state index contributed by atoms with van der Waals surface area (Å²) in [6.45, 7) is 0.222. The minimum atomic E-state index is 0.222. The standard InChI is InChI=1S/C21H22ClN3O2/c1-23-18-9-6-16(12-18)14-2-4-15(5-3-14)21-24-20(27-25-21)13-26-19-10-7-17(22)8-11-19/h2-5,7-8,10-11,16,18,23H,6,9,12-13H2,1H3/t16?,18-/m1/s1. The van der Waals surface area contributed by atoms with Crippen molar-refractivity contribution in [3.63, 3.8) is 0 Å². The monoisotopic (exact) mass is 383 g/mol. The average molecular weight is 384 g/mol. The first-order valence-corrected chi connectivity index (χ1v) is 9.57. The van der Waals surface area contributed by atoms with Crippen molar-refractivity contribution in [1.82, 2.24) is 15.5 Å². The zero-order chi connectivity index (χ0) is 18.6. The normalized spacial score (nSPS) is 19.3. The summed E-state index contributed by atoms with van der Waals surface area (Å²) in [6.07, 6.45) is 3.67. The lowest BCUT2D eigenvalue weighted by Crippen LogP contribution is -2.21. The number of nitrogens with one attached hydrogen (secondary N) is 1. The summed E-state index contributed by atoms with van der Waals surface area (Å²) in [5, 5.41) is 8.12. The van der Waals surface area contributed by atoms with E-state index in [4.69, 9.17) is 20.9 Å². The molecule has 1 aliphatic carbocycles. The van der Waals surface area contributed by atoms with Crippen molar-refractivity contribution >= 4 is 11.6 Å². The van der Waals surface area contributed by atoms with Gasteiger partial charge in [-0.15, -0.1) is 0 Å². The van der Waals surface area contributed by atoms with Gasteiger partial charge in [-0.3, -0.25) is 0 Å². The lowest BCUT2D eigenvalue weighted by atomic mass is 9.96. The summed E-state index contributed by atoms with van der Waals surface area (Å²) in [5.41, 5.74) is 2.33. The Hall–Kier alpha value is -2.37. The second-order valence-electron chi connectivity index (χ2n) is 6.87. The van der Waals surface area contributed by atoms with Crippen molar-refractivity contribution < 1.29 is 9.26 Å². The smallest absolute Gasteiger partial charge is 0.264 e. The molecule has 1 heterocycles. The van der Waals surface area contributed by atoms with Gasteiger partial charge in [0.1, 0.15) is 5.75 Å². The molecule has 1 aliphatic rings. The molecule has 1 aromatic heterocycles. The van der Waals surface area contributed by atoms with Crippen molar-refractivity contribution in [2.75, 3.05) is 7.05 Å². The molecule has 140 valence electrons. The molecule has 27 heavy (non-hydrogen) atoms. The highest BCUT2D eigenvalue weighted by atomic mass is 35.5. The van der Waals surface area contributed by atoms with E-state index in [1.54, 1.807) is 24.3 Å². The van der Waals surface area contributed by atoms with Crippen LogP contribution in [0.2, 0.25) is 5.02 Å². The summed E-state index contributed by atoms with van der Waals surface area (Å²) in [5.74, 6) is 2.36. The van der Waals surface area contributed by atoms with E-state index in [2.05, 4.69) is 39.7 Å². The Morgan fingerprint density at radius 2 is 1.89 bits per heavy atom. The molecular formula is C21H22ClN3O2. The summed E-state index contributed by atoms with van der Waals surface area (Å²) < 4.78 is 10.9. The molecule has 0 bridgehead atoms. The molecule has 6 heteroatoms. The molecule has 0 spiro atoms. The van der Waals surface area contributed by atoms with Crippen molar-refractivity contribution in [1.29, 1.82) is 0 Å². The third-order valence-corrected chi connectivity index (χ3v) is 5.38. The van der Waals surface area contributed by atoms with Crippen molar-refractivity contribution in [3.05, 3.63) is 65.0 Å². The van der Waals surface area contributed by atoms with Crippen molar-refractivity contribution in [3.8, 4) is 17.1 Å². The lowest BCUT2D eigenvalue weighted by Gasteiger charge is -2.11. The largest absolute Gasteiger partial charge is 0.484 e. The van der Waals surface area contributed by atoms with E-state index in [0.717, 1.165) is 5.56 Å². The highest BCUT2D eigenvalue weighted by molar-refractivity contribution is 6.30. The fourth-order valence-corrected chi connectivity index (χ4v) is 3.68. The van der Waals surface area contributed by atoms with Crippen molar-refractivity contribution in [2.24, 2.45) is 0 Å². The predicted octanol–water partition coefficient (Wildman–Crippen LogP) is 4.82. The molecule has 1 saturated carbocycles. The van der Waals surface area contributed by atoms with Crippen molar-refractivity contribution in [2.45, 2.75) is 37.8 Å². The number of ether oxygens (including phenoxy) is 1. The molecule has 1 N–H and O–H groups in total. The van der Waals surface area contributed by atoms with Gasteiger partial charge in [0.25, 0.3) is 5.89 Å². The molecule has 0 aliphatic heterocycles. The van der Waals surface area contributed by atoms with E-state index in [-0.39, 0.29) is 6.61 Å². The predicted molar refractivity (Wildman–Crippen MR) is 105 cm³/mol. The Bertz CT molecular complexity index is 877. The maximum atomic E-state index is 5.87. The van der Waals surface area contributed by atoms with Crippen LogP contribution in [-0.2, 0) is 6.61 Å². The number of rotatable bonds is 6. The number of hydrogen-bond donors (Lipinski definition) is 1. The van der Waals surface area contributed by atoms with Gasteiger partial charge in [-0.2, -0.15) is 4.98 Å². The van der Waals surface area contributed by atoms with E-state index in [9.17, 15) is 0 Å². The first-order valence-electron chi connectivity index (χ1n) is 9.20. The van der Waals surface area contributed by atoms with Crippen LogP contribution in [0.15, 0.2) is 53.1 Å². The second-order valence-corrected chi connectivity index (χ2v) is 7.31. The van der Waals surface area contributed by atoms with E-state index in [1.807, 2.05) is 7.05 Å². The Morgan fingerprint density at radius 1 is 1.11 bits per heavy atom. The van der Waals surface area contributed by atoms with Gasteiger partial charge in [0, 0.05) is 16.6 Å². The fraction of sp³-hybridized carbons (Fsp3) is 0.333. The molecule has 0 saturated heterocycles. The van der Waals surface area contributed by atoms with Gasteiger partial charge >= 0.3 is 0 Å². The van der Waals surface area contributed by atoms with Gasteiger partial charge in [-0.25, -0.2) is 0 Å². The number of aromatic nitrogens is 2. The molecule has 3 aromatic rings. The zero-order valence-electron chi connectivity index (χ0n) is 15.2. The Kier molecular flexibility index (Phi) is 5.41. The topological polar surface area (TPSA) is 60.2 Å². The molecule has 5 nitrogen and oxygen atoms in total. The molecule has 2 aromatic carbocycles. The van der Waals surface area contributed by atoms with E-state index < -0.39 is 0 Å². The molecule has 0 radical (unpaired) electrons. The maximum absolute atomic E-state index is 5.87. The number of benzene rings is 2. The van der Waals surface area contributed by atoms with Crippen LogP contribution in [0.5, 0.6) is 5.75 Å². The van der Waals surface area contributed by atoms with Gasteiger partial charge in [0.2, 0.25) is 5.82 Å². The van der Waals surface area contributed by atoms with Gasteiger partial charge in [-0.05, 0) is 62.1 Å². The number of halogens is 1. The lowest BCUT2D eigenvalue weighted by molar-refractivity contribution is 0.243. The highest BCUT2D eigenvalue weighted by Gasteiger charge is 2.24. The summed E-state index contributed by atoms with van der Waals surface area (Å²) in [7, 11) is 2.04. The Morgan fingerprint density at radius 3 is 2.59 bits per heavy atom. The molecule has 2 atom stereocenters. The Balaban J connectivity index is 1.38. The van der Waals surface area contributed by atoms with Crippen LogP contribution in [0.3, 0.4) is 0 Å². The van der Waals surface area contributed by atoms with Crippen LogP contribution in [0, 0.1) is 0 Å². The number of hydrogen-bond acceptors (Lipinski definition) is 5. The third-order valence-electron chi connectivity index (χ3n) is 5.13. The van der Waals surface area contributed by atoms with Gasteiger partial charge < -0.3 is 14.6 Å². The number of nitrogens with zero attached hydrogens (tertiary/aromatic N) is 2. The first kappa shape index (κ1) is 18.0.